The van der Waals surface area contributed by atoms with E-state index in [0.29, 0.717) is 17.7 Å². The normalized spacial score (nSPS) is 24.6. The highest BCUT2D eigenvalue weighted by molar-refractivity contribution is 5.83. The van der Waals surface area contributed by atoms with Crippen LogP contribution in [0, 0.1) is 22.6 Å². The molecule has 1 amide bonds. The van der Waals surface area contributed by atoms with Crippen LogP contribution in [0.4, 0.5) is 4.39 Å². The van der Waals surface area contributed by atoms with Gasteiger partial charge in [-0.1, -0.05) is 0 Å². The van der Waals surface area contributed by atoms with Crippen molar-refractivity contribution in [2.24, 2.45) is 11.1 Å². The number of ether oxygens (including phenoxy) is 1. The fourth-order valence-electron chi connectivity index (χ4n) is 2.44. The molecule has 1 aliphatic heterocycles. The molecule has 1 heterocycles. The standard InChI is InChI=1S/C15H18FN3O2/c1-15(9-21-8-13(15)18)14(20)19(2)7-11-5-10(6-17)3-4-12(11)16/h3-5,13H,7-9,18H2,1-2H3. The topological polar surface area (TPSA) is 79.3 Å². The highest BCUT2D eigenvalue weighted by Gasteiger charge is 2.45. The van der Waals surface area contributed by atoms with Gasteiger partial charge in [-0.25, -0.2) is 4.39 Å². The summed E-state index contributed by atoms with van der Waals surface area (Å²) < 4.78 is 19.0. The van der Waals surface area contributed by atoms with Gasteiger partial charge < -0.3 is 15.4 Å². The molecule has 0 aliphatic carbocycles. The number of nitrogens with zero attached hydrogens (tertiary/aromatic N) is 2. The summed E-state index contributed by atoms with van der Waals surface area (Å²) in [5, 5.41) is 8.86. The molecule has 2 rings (SSSR count). The van der Waals surface area contributed by atoms with E-state index in [1.165, 1.54) is 23.1 Å². The Morgan fingerprint density at radius 1 is 1.67 bits per heavy atom. The molecule has 0 spiro atoms. The molecule has 1 aliphatic rings. The summed E-state index contributed by atoms with van der Waals surface area (Å²) in [7, 11) is 1.59. The minimum atomic E-state index is -0.794. The number of hydrogen-bond acceptors (Lipinski definition) is 4. The first-order chi connectivity index (χ1) is 9.88. The Morgan fingerprint density at radius 2 is 2.38 bits per heavy atom. The number of amides is 1. The van der Waals surface area contributed by atoms with Gasteiger partial charge >= 0.3 is 0 Å². The fraction of sp³-hybridized carbons (Fsp3) is 0.467. The van der Waals surface area contributed by atoms with E-state index in [-0.39, 0.29) is 25.1 Å². The first-order valence-electron chi connectivity index (χ1n) is 6.66. The molecule has 112 valence electrons. The largest absolute Gasteiger partial charge is 0.379 e. The smallest absolute Gasteiger partial charge is 0.232 e. The van der Waals surface area contributed by atoms with Crippen molar-refractivity contribution in [3.8, 4) is 6.07 Å². The molecule has 0 aromatic heterocycles. The molecule has 1 aromatic carbocycles. The predicted octanol–water partition coefficient (Wildman–Crippen LogP) is 1.02. The molecule has 1 saturated heterocycles. The Bertz CT molecular complexity index is 599. The van der Waals surface area contributed by atoms with Gasteiger partial charge in [-0.15, -0.1) is 0 Å². The molecule has 1 aromatic rings. The van der Waals surface area contributed by atoms with E-state index in [1.54, 1.807) is 14.0 Å². The number of carbonyl (C=O) groups is 1. The third kappa shape index (κ3) is 2.89. The number of carbonyl (C=O) groups excluding carboxylic acids is 1. The van der Waals surface area contributed by atoms with Crippen LogP contribution in [0.25, 0.3) is 0 Å². The van der Waals surface area contributed by atoms with Crippen LogP contribution in [0.5, 0.6) is 0 Å². The Balaban J connectivity index is 2.17. The van der Waals surface area contributed by atoms with E-state index >= 15 is 0 Å². The minimum Gasteiger partial charge on any atom is -0.379 e. The lowest BCUT2D eigenvalue weighted by Crippen LogP contribution is -2.50. The van der Waals surface area contributed by atoms with E-state index in [0.717, 1.165) is 0 Å². The average Bonchev–Trinajstić information content (AvgIpc) is 2.81. The first kappa shape index (κ1) is 15.4. The van der Waals surface area contributed by atoms with Crippen molar-refractivity contribution in [1.29, 1.82) is 5.26 Å². The molecule has 0 saturated carbocycles. The van der Waals surface area contributed by atoms with Crippen molar-refractivity contribution in [3.63, 3.8) is 0 Å². The quantitative estimate of drug-likeness (QED) is 0.901. The highest BCUT2D eigenvalue weighted by Crippen LogP contribution is 2.29. The van der Waals surface area contributed by atoms with Crippen molar-refractivity contribution in [2.75, 3.05) is 20.3 Å². The van der Waals surface area contributed by atoms with Gasteiger partial charge in [-0.3, -0.25) is 4.79 Å². The maximum Gasteiger partial charge on any atom is 0.232 e. The van der Waals surface area contributed by atoms with Gasteiger partial charge in [-0.05, 0) is 25.1 Å². The lowest BCUT2D eigenvalue weighted by molar-refractivity contribution is -0.141. The van der Waals surface area contributed by atoms with Crippen LogP contribution >= 0.6 is 0 Å². The Labute approximate surface area is 123 Å². The van der Waals surface area contributed by atoms with Crippen LogP contribution in [0.3, 0.4) is 0 Å². The summed E-state index contributed by atoms with van der Waals surface area (Å²) >= 11 is 0. The van der Waals surface area contributed by atoms with Gasteiger partial charge in [0.2, 0.25) is 5.91 Å². The maximum atomic E-state index is 13.8. The van der Waals surface area contributed by atoms with Crippen LogP contribution in [-0.4, -0.2) is 37.1 Å². The van der Waals surface area contributed by atoms with E-state index in [2.05, 4.69) is 0 Å². The van der Waals surface area contributed by atoms with E-state index in [9.17, 15) is 9.18 Å². The molecule has 2 N–H and O–H groups in total. The Hall–Kier alpha value is -1.97. The molecule has 6 heteroatoms. The third-order valence-electron chi connectivity index (χ3n) is 3.94. The zero-order chi connectivity index (χ0) is 15.6. The first-order valence-corrected chi connectivity index (χ1v) is 6.66. The molecule has 0 bridgehead atoms. The molecule has 5 nitrogen and oxygen atoms in total. The van der Waals surface area contributed by atoms with Crippen LogP contribution in [0.15, 0.2) is 18.2 Å². The molecule has 2 atom stereocenters. The molecular formula is C15H18FN3O2. The van der Waals surface area contributed by atoms with Gasteiger partial charge in [0, 0.05) is 25.2 Å². The van der Waals surface area contributed by atoms with Gasteiger partial charge in [0.1, 0.15) is 5.82 Å². The van der Waals surface area contributed by atoms with E-state index < -0.39 is 11.2 Å². The lowest BCUT2D eigenvalue weighted by Gasteiger charge is -2.31. The number of benzene rings is 1. The number of halogens is 1. The number of nitriles is 1. The summed E-state index contributed by atoms with van der Waals surface area (Å²) in [6.45, 7) is 2.44. The summed E-state index contributed by atoms with van der Waals surface area (Å²) in [5.41, 5.74) is 5.80. The van der Waals surface area contributed by atoms with Crippen molar-refractivity contribution in [3.05, 3.63) is 35.1 Å². The molecular weight excluding hydrogens is 273 g/mol. The van der Waals surface area contributed by atoms with Crippen molar-refractivity contribution in [2.45, 2.75) is 19.5 Å². The Morgan fingerprint density at radius 3 is 2.95 bits per heavy atom. The van der Waals surface area contributed by atoms with Gasteiger partial charge in [-0.2, -0.15) is 5.26 Å². The SMILES string of the molecule is CN(Cc1cc(C#N)ccc1F)C(=O)C1(C)COCC1N. The predicted molar refractivity (Wildman–Crippen MR) is 74.5 cm³/mol. The number of nitrogens with two attached hydrogens (primary N) is 1. The van der Waals surface area contributed by atoms with Gasteiger partial charge in [0.25, 0.3) is 0 Å². The highest BCUT2D eigenvalue weighted by atomic mass is 19.1. The van der Waals surface area contributed by atoms with Crippen molar-refractivity contribution >= 4 is 5.91 Å². The zero-order valence-corrected chi connectivity index (χ0v) is 12.1. The summed E-state index contributed by atoms with van der Waals surface area (Å²) in [6, 6.07) is 5.67. The fourth-order valence-corrected chi connectivity index (χ4v) is 2.44. The van der Waals surface area contributed by atoms with Crippen molar-refractivity contribution < 1.29 is 13.9 Å². The number of hydrogen-bond donors (Lipinski definition) is 1. The van der Waals surface area contributed by atoms with Crippen LogP contribution in [0.2, 0.25) is 0 Å². The second kappa shape index (κ2) is 5.80. The summed E-state index contributed by atoms with van der Waals surface area (Å²) in [4.78, 5) is 14.0. The van der Waals surface area contributed by atoms with Crippen LogP contribution in [-0.2, 0) is 16.1 Å². The molecule has 2 unspecified atom stereocenters. The van der Waals surface area contributed by atoms with E-state index in [1.807, 2.05) is 6.07 Å². The monoisotopic (exact) mass is 291 g/mol. The maximum absolute atomic E-state index is 13.8. The van der Waals surface area contributed by atoms with Gasteiger partial charge in [0.05, 0.1) is 30.3 Å². The van der Waals surface area contributed by atoms with Gasteiger partial charge in [0.15, 0.2) is 0 Å². The number of rotatable bonds is 3. The van der Waals surface area contributed by atoms with Crippen molar-refractivity contribution in [1.82, 2.24) is 4.90 Å². The molecule has 21 heavy (non-hydrogen) atoms. The molecule has 0 radical (unpaired) electrons. The average molecular weight is 291 g/mol. The van der Waals surface area contributed by atoms with Crippen LogP contribution < -0.4 is 5.73 Å². The lowest BCUT2D eigenvalue weighted by atomic mass is 9.84. The van der Waals surface area contributed by atoms with Crippen LogP contribution in [0.1, 0.15) is 18.1 Å². The molecule has 1 fully saturated rings. The summed E-state index contributed by atoms with van der Waals surface area (Å²) in [6.07, 6.45) is 0. The van der Waals surface area contributed by atoms with E-state index in [4.69, 9.17) is 15.7 Å². The second-order valence-electron chi connectivity index (χ2n) is 5.62. The third-order valence-corrected chi connectivity index (χ3v) is 3.94. The minimum absolute atomic E-state index is 0.0858. The second-order valence-corrected chi connectivity index (χ2v) is 5.62. The summed E-state index contributed by atoms with van der Waals surface area (Å²) in [5.74, 6) is -0.625. The Kier molecular flexibility index (Phi) is 4.26. The zero-order valence-electron chi connectivity index (χ0n) is 12.1.